The van der Waals surface area contributed by atoms with E-state index in [0.29, 0.717) is 5.88 Å². The molecule has 0 aliphatic heterocycles. The number of halogens is 2. The van der Waals surface area contributed by atoms with Crippen molar-refractivity contribution in [2.24, 2.45) is 0 Å². The third-order valence-corrected chi connectivity index (χ3v) is 3.96. The van der Waals surface area contributed by atoms with Crippen LogP contribution in [0.5, 0.6) is 5.75 Å². The summed E-state index contributed by atoms with van der Waals surface area (Å²) in [4.78, 5) is 0. The number of hydrogen-bond donors (Lipinski definition) is 0. The Balaban J connectivity index is 2.21. The van der Waals surface area contributed by atoms with E-state index in [-0.39, 0.29) is 6.10 Å². The molecule has 0 bridgehead atoms. The molecule has 2 aromatic rings. The van der Waals surface area contributed by atoms with E-state index >= 15 is 0 Å². The number of ether oxygens (including phenoxy) is 1. The van der Waals surface area contributed by atoms with Crippen molar-refractivity contribution in [3.8, 4) is 5.75 Å². The van der Waals surface area contributed by atoms with Gasteiger partial charge in [-0.1, -0.05) is 36.4 Å². The molecule has 100 valence electrons. The first-order valence-corrected chi connectivity index (χ1v) is 7.85. The number of hydrogen-bond acceptors (Lipinski definition) is 1. The highest BCUT2D eigenvalue weighted by Crippen LogP contribution is 2.29. The van der Waals surface area contributed by atoms with Crippen LogP contribution in [-0.2, 0) is 0 Å². The van der Waals surface area contributed by atoms with Crippen LogP contribution >= 0.6 is 34.2 Å². The Bertz CT molecular complexity index is 528. The molecule has 2 aromatic carbocycles. The molecule has 0 fully saturated rings. The summed E-state index contributed by atoms with van der Waals surface area (Å²) in [5.41, 5.74) is 2.41. The largest absolute Gasteiger partial charge is 0.485 e. The van der Waals surface area contributed by atoms with Gasteiger partial charge >= 0.3 is 0 Å². The smallest absolute Gasteiger partial charge is 0.133 e. The summed E-state index contributed by atoms with van der Waals surface area (Å²) < 4.78 is 7.27. The van der Waals surface area contributed by atoms with Gasteiger partial charge in [0, 0.05) is 12.3 Å². The van der Waals surface area contributed by atoms with Crippen molar-refractivity contribution in [1.82, 2.24) is 0 Å². The molecule has 0 saturated carbocycles. The molecule has 0 radical (unpaired) electrons. The number of aryl methyl sites for hydroxylation is 1. The Morgan fingerprint density at radius 2 is 1.89 bits per heavy atom. The highest BCUT2D eigenvalue weighted by Gasteiger charge is 2.14. The molecule has 0 N–H and O–H groups in total. The second kappa shape index (κ2) is 7.15. The highest BCUT2D eigenvalue weighted by atomic mass is 127. The average molecular weight is 387 g/mol. The minimum Gasteiger partial charge on any atom is -0.485 e. The van der Waals surface area contributed by atoms with Crippen molar-refractivity contribution in [2.45, 2.75) is 19.4 Å². The zero-order chi connectivity index (χ0) is 13.7. The van der Waals surface area contributed by atoms with Gasteiger partial charge in [0.15, 0.2) is 0 Å². The van der Waals surface area contributed by atoms with Gasteiger partial charge in [-0.05, 0) is 52.8 Å². The van der Waals surface area contributed by atoms with Gasteiger partial charge in [-0.15, -0.1) is 11.6 Å². The maximum absolute atomic E-state index is 6.13. The molecule has 3 heteroatoms. The predicted molar refractivity (Wildman–Crippen MR) is 89.0 cm³/mol. The molecule has 0 aliphatic carbocycles. The molecule has 1 atom stereocenters. The van der Waals surface area contributed by atoms with Crippen LogP contribution in [0.1, 0.15) is 23.7 Å². The Labute approximate surface area is 133 Å². The zero-order valence-corrected chi connectivity index (χ0v) is 13.7. The van der Waals surface area contributed by atoms with E-state index in [4.69, 9.17) is 16.3 Å². The second-order valence-corrected chi connectivity index (χ2v) is 5.97. The maximum atomic E-state index is 6.13. The molecule has 0 aromatic heterocycles. The maximum Gasteiger partial charge on any atom is 0.133 e. The number of benzene rings is 2. The van der Waals surface area contributed by atoms with E-state index in [1.54, 1.807) is 0 Å². The van der Waals surface area contributed by atoms with E-state index in [1.165, 1.54) is 11.1 Å². The molecule has 0 heterocycles. The summed E-state index contributed by atoms with van der Waals surface area (Å²) in [7, 11) is 0. The first-order chi connectivity index (χ1) is 9.20. The zero-order valence-electron chi connectivity index (χ0n) is 10.8. The van der Waals surface area contributed by atoms with Crippen LogP contribution in [-0.4, -0.2) is 5.88 Å². The van der Waals surface area contributed by atoms with Crippen LogP contribution in [0.4, 0.5) is 0 Å². The lowest BCUT2D eigenvalue weighted by Gasteiger charge is -2.19. The molecule has 2 rings (SSSR count). The molecule has 0 unspecified atom stereocenters. The summed E-state index contributed by atoms with van der Waals surface area (Å²) in [5.74, 6) is 1.51. The van der Waals surface area contributed by atoms with Crippen LogP contribution in [0.15, 0.2) is 48.5 Å². The van der Waals surface area contributed by atoms with Crippen molar-refractivity contribution in [2.75, 3.05) is 5.88 Å². The molecule has 0 spiro atoms. The third kappa shape index (κ3) is 4.11. The normalized spacial score (nSPS) is 12.2. The van der Waals surface area contributed by atoms with E-state index in [1.807, 2.05) is 24.3 Å². The van der Waals surface area contributed by atoms with Gasteiger partial charge in [-0.25, -0.2) is 0 Å². The lowest BCUT2D eigenvalue weighted by molar-refractivity contribution is 0.200. The van der Waals surface area contributed by atoms with E-state index in [0.717, 1.165) is 15.7 Å². The van der Waals surface area contributed by atoms with E-state index in [9.17, 15) is 0 Å². The first-order valence-electron chi connectivity index (χ1n) is 6.24. The van der Waals surface area contributed by atoms with Crippen molar-refractivity contribution in [1.29, 1.82) is 0 Å². The van der Waals surface area contributed by atoms with Crippen LogP contribution < -0.4 is 4.74 Å². The third-order valence-electron chi connectivity index (χ3n) is 2.90. The van der Waals surface area contributed by atoms with Crippen LogP contribution in [0.25, 0.3) is 0 Å². The standard InChI is InChI=1S/C16H16ClIO/c1-12-7-8-16(14(18)11-12)19-15(9-10-17)13-5-3-2-4-6-13/h2-8,11,15H,9-10H2,1H3/t15-/m0/s1. The summed E-state index contributed by atoms with van der Waals surface area (Å²) in [6.45, 7) is 2.08. The minimum absolute atomic E-state index is 0.00919. The van der Waals surface area contributed by atoms with E-state index in [2.05, 4.69) is 53.8 Å². The second-order valence-electron chi connectivity index (χ2n) is 4.43. The number of alkyl halides is 1. The SMILES string of the molecule is Cc1ccc(O[C@@H](CCCl)c2ccccc2)c(I)c1. The lowest BCUT2D eigenvalue weighted by atomic mass is 10.1. The van der Waals surface area contributed by atoms with Crippen molar-refractivity contribution in [3.63, 3.8) is 0 Å². The van der Waals surface area contributed by atoms with Gasteiger partial charge in [-0.2, -0.15) is 0 Å². The summed E-state index contributed by atoms with van der Waals surface area (Å²) in [5, 5.41) is 0. The summed E-state index contributed by atoms with van der Waals surface area (Å²) in [6.07, 6.45) is 0.810. The fourth-order valence-electron chi connectivity index (χ4n) is 1.92. The monoisotopic (exact) mass is 386 g/mol. The Kier molecular flexibility index (Phi) is 5.52. The van der Waals surface area contributed by atoms with Crippen LogP contribution in [0.3, 0.4) is 0 Å². The predicted octanol–water partition coefficient (Wildman–Crippen LogP) is 5.35. The van der Waals surface area contributed by atoms with Gasteiger partial charge in [0.05, 0.1) is 3.57 Å². The van der Waals surface area contributed by atoms with Gasteiger partial charge in [0.2, 0.25) is 0 Å². The number of rotatable bonds is 5. The molecular weight excluding hydrogens is 371 g/mol. The fraction of sp³-hybridized carbons (Fsp3) is 0.250. The van der Waals surface area contributed by atoms with Crippen molar-refractivity contribution < 1.29 is 4.74 Å². The van der Waals surface area contributed by atoms with E-state index < -0.39 is 0 Å². The van der Waals surface area contributed by atoms with Crippen molar-refractivity contribution in [3.05, 3.63) is 63.2 Å². The van der Waals surface area contributed by atoms with Gasteiger partial charge in [0.1, 0.15) is 11.9 Å². The van der Waals surface area contributed by atoms with Crippen LogP contribution in [0, 0.1) is 10.5 Å². The molecule has 19 heavy (non-hydrogen) atoms. The lowest BCUT2D eigenvalue weighted by Crippen LogP contribution is -2.09. The Hall–Kier alpha value is -0.740. The topological polar surface area (TPSA) is 9.23 Å². The van der Waals surface area contributed by atoms with Crippen molar-refractivity contribution >= 4 is 34.2 Å². The van der Waals surface area contributed by atoms with Gasteiger partial charge < -0.3 is 4.74 Å². The first kappa shape index (κ1) is 14.7. The highest BCUT2D eigenvalue weighted by molar-refractivity contribution is 14.1. The average Bonchev–Trinajstić information content (AvgIpc) is 2.42. The fourth-order valence-corrected chi connectivity index (χ4v) is 2.91. The van der Waals surface area contributed by atoms with Gasteiger partial charge in [0.25, 0.3) is 0 Å². The molecule has 1 nitrogen and oxygen atoms in total. The molecular formula is C16H16ClIO. The Morgan fingerprint density at radius 1 is 1.16 bits per heavy atom. The van der Waals surface area contributed by atoms with Crippen LogP contribution in [0.2, 0.25) is 0 Å². The van der Waals surface area contributed by atoms with Gasteiger partial charge in [-0.3, -0.25) is 0 Å². The Morgan fingerprint density at radius 3 is 2.53 bits per heavy atom. The molecule has 0 aliphatic rings. The summed E-state index contributed by atoms with van der Waals surface area (Å²) >= 11 is 8.20. The minimum atomic E-state index is 0.00919. The summed E-state index contributed by atoms with van der Waals surface area (Å²) in [6, 6.07) is 16.5. The molecule has 0 amide bonds. The molecule has 0 saturated heterocycles. The quantitative estimate of drug-likeness (QED) is 0.497.